The summed E-state index contributed by atoms with van der Waals surface area (Å²) < 4.78 is 19.0. The molecule has 0 bridgehead atoms. The van der Waals surface area contributed by atoms with Gasteiger partial charge >= 0.3 is 5.97 Å². The minimum absolute atomic E-state index is 0.0113. The third kappa shape index (κ3) is 5.48. The van der Waals surface area contributed by atoms with E-state index in [1.807, 2.05) is 60.7 Å². The number of benzene rings is 4. The molecule has 0 aliphatic heterocycles. The summed E-state index contributed by atoms with van der Waals surface area (Å²) in [5, 5.41) is 15.6. The molecule has 0 radical (unpaired) electrons. The van der Waals surface area contributed by atoms with Crippen LogP contribution in [-0.2, 0) is 4.79 Å². The first-order chi connectivity index (χ1) is 20.4. The minimum Gasteiger partial charge on any atom is -0.507 e. The number of halogens is 1. The van der Waals surface area contributed by atoms with Gasteiger partial charge in [-0.3, -0.25) is 4.79 Å². The van der Waals surface area contributed by atoms with Crippen LogP contribution in [0.5, 0.6) is 17.4 Å². The van der Waals surface area contributed by atoms with Crippen molar-refractivity contribution in [3.63, 3.8) is 0 Å². The molecular formula is C33H23ClN2O6. The van der Waals surface area contributed by atoms with Gasteiger partial charge in [-0.1, -0.05) is 72.3 Å². The quantitative estimate of drug-likeness (QED) is 0.202. The second-order valence-electron chi connectivity index (χ2n) is 9.46. The van der Waals surface area contributed by atoms with Crippen molar-refractivity contribution in [2.75, 3.05) is 0 Å². The standard InChI is InChI=1S/C33H23ClN2O6/c1-20(40-25-16-27(37)32-28(38)19-29(41-30(32)17-25)21-9-4-2-5-10-21)33(39)42-31-18-26(22-11-8-12-23(34)15-22)36(35-31)24-13-6-3-7-14-24/h2-20,37H,1H3. The number of fused-ring (bicyclic) bond motifs is 1. The minimum atomic E-state index is -1.10. The summed E-state index contributed by atoms with van der Waals surface area (Å²) in [6.07, 6.45) is -1.10. The molecule has 0 aliphatic carbocycles. The van der Waals surface area contributed by atoms with E-state index < -0.39 is 17.5 Å². The molecule has 8 nitrogen and oxygen atoms in total. The van der Waals surface area contributed by atoms with Crippen molar-refractivity contribution < 1.29 is 23.8 Å². The van der Waals surface area contributed by atoms with Crippen LogP contribution >= 0.6 is 11.6 Å². The summed E-state index contributed by atoms with van der Waals surface area (Å²) >= 11 is 6.23. The molecule has 208 valence electrons. The molecule has 0 saturated heterocycles. The number of nitrogens with zero attached hydrogens (tertiary/aromatic N) is 2. The van der Waals surface area contributed by atoms with E-state index in [1.165, 1.54) is 25.1 Å². The number of ether oxygens (including phenoxy) is 2. The maximum absolute atomic E-state index is 13.1. The number of para-hydroxylation sites is 1. The lowest BCUT2D eigenvalue weighted by molar-refractivity contribution is -0.141. The van der Waals surface area contributed by atoms with E-state index in [-0.39, 0.29) is 28.3 Å². The van der Waals surface area contributed by atoms with E-state index >= 15 is 0 Å². The summed E-state index contributed by atoms with van der Waals surface area (Å²) in [6.45, 7) is 1.51. The van der Waals surface area contributed by atoms with Crippen LogP contribution in [0, 0.1) is 0 Å². The zero-order chi connectivity index (χ0) is 29.2. The first-order valence-electron chi connectivity index (χ1n) is 13.0. The average Bonchev–Trinajstić information content (AvgIpc) is 3.41. The van der Waals surface area contributed by atoms with Gasteiger partial charge in [-0.25, -0.2) is 9.48 Å². The van der Waals surface area contributed by atoms with Gasteiger partial charge in [0.05, 0.1) is 11.4 Å². The third-order valence-electron chi connectivity index (χ3n) is 6.50. The Morgan fingerprint density at radius 3 is 2.36 bits per heavy atom. The zero-order valence-corrected chi connectivity index (χ0v) is 23.0. The van der Waals surface area contributed by atoms with Crippen LogP contribution < -0.4 is 14.9 Å². The van der Waals surface area contributed by atoms with Gasteiger partial charge in [0.1, 0.15) is 28.2 Å². The highest BCUT2D eigenvalue weighted by molar-refractivity contribution is 6.30. The van der Waals surface area contributed by atoms with Gasteiger partial charge in [-0.2, -0.15) is 0 Å². The van der Waals surface area contributed by atoms with E-state index in [2.05, 4.69) is 5.10 Å². The first kappa shape index (κ1) is 26.9. The molecular weight excluding hydrogens is 556 g/mol. The number of carbonyl (C=O) groups is 1. The number of rotatable bonds is 7. The Morgan fingerprint density at radius 1 is 0.905 bits per heavy atom. The normalized spacial score (nSPS) is 11.8. The van der Waals surface area contributed by atoms with Gasteiger partial charge in [0.15, 0.2) is 11.5 Å². The Bertz CT molecular complexity index is 1970. The highest BCUT2D eigenvalue weighted by Gasteiger charge is 2.22. The molecule has 0 fully saturated rings. The van der Waals surface area contributed by atoms with E-state index in [0.29, 0.717) is 22.0 Å². The fraction of sp³-hybridized carbons (Fsp3) is 0.0606. The van der Waals surface area contributed by atoms with Crippen LogP contribution in [0.4, 0.5) is 0 Å². The van der Waals surface area contributed by atoms with Crippen LogP contribution in [-0.4, -0.2) is 27.0 Å². The Labute approximate surface area is 244 Å². The van der Waals surface area contributed by atoms with E-state index in [0.717, 1.165) is 11.3 Å². The van der Waals surface area contributed by atoms with Gasteiger partial charge in [0, 0.05) is 40.4 Å². The SMILES string of the molecule is CC(Oc1cc(O)c2c(=O)cc(-c3ccccc3)oc2c1)C(=O)Oc1cc(-c2cccc(Cl)c2)n(-c2ccccc2)n1. The summed E-state index contributed by atoms with van der Waals surface area (Å²) in [6, 6.07) is 31.5. The van der Waals surface area contributed by atoms with Crippen molar-refractivity contribution in [3.8, 4) is 45.6 Å². The van der Waals surface area contributed by atoms with Gasteiger partial charge in [-0.15, -0.1) is 5.10 Å². The second-order valence-corrected chi connectivity index (χ2v) is 9.90. The maximum Gasteiger partial charge on any atom is 0.353 e. The molecule has 0 amide bonds. The summed E-state index contributed by atoms with van der Waals surface area (Å²) in [4.78, 5) is 25.8. The Morgan fingerprint density at radius 2 is 1.62 bits per heavy atom. The molecule has 1 N–H and O–H groups in total. The highest BCUT2D eigenvalue weighted by atomic mass is 35.5. The molecule has 2 heterocycles. The smallest absolute Gasteiger partial charge is 0.353 e. The number of aromatic hydroxyl groups is 1. The number of hydrogen-bond acceptors (Lipinski definition) is 7. The number of carbonyl (C=O) groups excluding carboxylic acids is 1. The molecule has 1 atom stereocenters. The molecule has 6 rings (SSSR count). The monoisotopic (exact) mass is 578 g/mol. The second kappa shape index (κ2) is 11.3. The van der Waals surface area contributed by atoms with Crippen molar-refractivity contribution in [3.05, 3.63) is 124 Å². The Hall–Kier alpha value is -5.34. The number of phenols is 1. The fourth-order valence-electron chi connectivity index (χ4n) is 4.52. The largest absolute Gasteiger partial charge is 0.507 e. The van der Waals surface area contributed by atoms with Crippen LogP contribution in [0.15, 0.2) is 118 Å². The molecule has 0 saturated carbocycles. The van der Waals surface area contributed by atoms with Gasteiger partial charge in [0.25, 0.3) is 0 Å². The lowest BCUT2D eigenvalue weighted by Gasteiger charge is -2.14. The molecule has 42 heavy (non-hydrogen) atoms. The van der Waals surface area contributed by atoms with Crippen molar-refractivity contribution in [1.82, 2.24) is 9.78 Å². The Kier molecular flexibility index (Phi) is 7.21. The first-order valence-corrected chi connectivity index (χ1v) is 13.4. The number of aromatic nitrogens is 2. The lowest BCUT2D eigenvalue weighted by atomic mass is 10.1. The van der Waals surface area contributed by atoms with Crippen LogP contribution in [0.3, 0.4) is 0 Å². The highest BCUT2D eigenvalue weighted by Crippen LogP contribution is 2.32. The fourth-order valence-corrected chi connectivity index (χ4v) is 4.71. The average molecular weight is 579 g/mol. The summed E-state index contributed by atoms with van der Waals surface area (Å²) in [7, 11) is 0. The van der Waals surface area contributed by atoms with E-state index in [4.69, 9.17) is 25.5 Å². The lowest BCUT2D eigenvalue weighted by Crippen LogP contribution is -2.28. The van der Waals surface area contributed by atoms with Crippen LogP contribution in [0.1, 0.15) is 6.92 Å². The van der Waals surface area contributed by atoms with Gasteiger partial charge < -0.3 is 19.0 Å². The van der Waals surface area contributed by atoms with Gasteiger partial charge in [0.2, 0.25) is 5.88 Å². The molecule has 9 heteroatoms. The summed E-state index contributed by atoms with van der Waals surface area (Å²) in [5.74, 6) is -0.531. The Balaban J connectivity index is 1.26. The van der Waals surface area contributed by atoms with Crippen molar-refractivity contribution >= 4 is 28.5 Å². The molecule has 0 aliphatic rings. The predicted octanol–water partition coefficient (Wildman–Crippen LogP) is 7.04. The molecule has 0 spiro atoms. The van der Waals surface area contributed by atoms with Crippen molar-refractivity contribution in [2.45, 2.75) is 13.0 Å². The molecule has 6 aromatic rings. The van der Waals surface area contributed by atoms with E-state index in [9.17, 15) is 14.7 Å². The summed E-state index contributed by atoms with van der Waals surface area (Å²) in [5.41, 5.74) is 2.63. The van der Waals surface area contributed by atoms with Crippen molar-refractivity contribution in [2.24, 2.45) is 0 Å². The van der Waals surface area contributed by atoms with Crippen molar-refractivity contribution in [1.29, 1.82) is 0 Å². The maximum atomic E-state index is 13.1. The number of esters is 1. The topological polar surface area (TPSA) is 104 Å². The number of hydrogen-bond donors (Lipinski definition) is 1. The third-order valence-corrected chi connectivity index (χ3v) is 6.73. The van der Waals surface area contributed by atoms with E-state index in [1.54, 1.807) is 35.0 Å². The predicted molar refractivity (Wildman–Crippen MR) is 159 cm³/mol. The van der Waals surface area contributed by atoms with Crippen LogP contribution in [0.25, 0.3) is 39.2 Å². The molecule has 1 unspecified atom stereocenters. The number of phenolic OH excluding ortho intramolecular Hbond substituents is 1. The zero-order valence-electron chi connectivity index (χ0n) is 22.2. The van der Waals surface area contributed by atoms with Gasteiger partial charge in [-0.05, 0) is 31.2 Å². The molecule has 2 aromatic heterocycles. The molecule has 4 aromatic carbocycles. The van der Waals surface area contributed by atoms with Crippen LogP contribution in [0.2, 0.25) is 5.02 Å².